The summed E-state index contributed by atoms with van der Waals surface area (Å²) >= 11 is 0. The van der Waals surface area contributed by atoms with Gasteiger partial charge in [0.1, 0.15) is 0 Å². The number of nitrogens with zero attached hydrogens (tertiary/aromatic N) is 2. The third kappa shape index (κ3) is 2.81. The standard InChI is InChI=1S/C16H19N3/c1-10-5-7-15(11(2)9-10)18-19-16-8-6-14(17)12(3)13(16)4/h5-9H,17H2,1-4H3. The summed E-state index contributed by atoms with van der Waals surface area (Å²) in [4.78, 5) is 0. The fourth-order valence-corrected chi connectivity index (χ4v) is 1.96. The van der Waals surface area contributed by atoms with Gasteiger partial charge < -0.3 is 5.73 Å². The first-order valence-corrected chi connectivity index (χ1v) is 6.33. The monoisotopic (exact) mass is 253 g/mol. The Kier molecular flexibility index (Phi) is 3.65. The summed E-state index contributed by atoms with van der Waals surface area (Å²) in [6.07, 6.45) is 0. The number of nitrogen functional groups attached to an aromatic ring is 1. The second-order valence-electron chi connectivity index (χ2n) is 4.91. The Hall–Kier alpha value is -2.16. The van der Waals surface area contributed by atoms with E-state index in [0.29, 0.717) is 0 Å². The highest BCUT2D eigenvalue weighted by Crippen LogP contribution is 2.28. The molecule has 0 atom stereocenters. The molecule has 2 aromatic carbocycles. The minimum Gasteiger partial charge on any atom is -0.399 e. The zero-order valence-electron chi connectivity index (χ0n) is 11.9. The normalized spacial score (nSPS) is 11.2. The first kappa shape index (κ1) is 13.3. The lowest BCUT2D eigenvalue weighted by molar-refractivity contribution is 1.18. The Labute approximate surface area is 114 Å². The summed E-state index contributed by atoms with van der Waals surface area (Å²) in [5.41, 5.74) is 12.9. The number of hydrogen-bond acceptors (Lipinski definition) is 3. The third-order valence-corrected chi connectivity index (χ3v) is 3.42. The van der Waals surface area contributed by atoms with Crippen molar-refractivity contribution in [1.29, 1.82) is 0 Å². The van der Waals surface area contributed by atoms with Crippen molar-refractivity contribution in [2.75, 3.05) is 5.73 Å². The van der Waals surface area contributed by atoms with Crippen molar-refractivity contribution in [3.05, 3.63) is 52.6 Å². The number of aryl methyl sites for hydroxylation is 2. The van der Waals surface area contributed by atoms with E-state index in [1.807, 2.05) is 45.0 Å². The molecule has 0 aliphatic carbocycles. The van der Waals surface area contributed by atoms with Crippen LogP contribution < -0.4 is 5.73 Å². The lowest BCUT2D eigenvalue weighted by Crippen LogP contribution is -1.91. The fourth-order valence-electron chi connectivity index (χ4n) is 1.96. The Balaban J connectivity index is 2.35. The number of anilines is 1. The van der Waals surface area contributed by atoms with Crippen molar-refractivity contribution in [1.82, 2.24) is 0 Å². The van der Waals surface area contributed by atoms with Gasteiger partial charge in [-0.05, 0) is 62.6 Å². The molecule has 0 saturated heterocycles. The summed E-state index contributed by atoms with van der Waals surface area (Å²) < 4.78 is 0. The smallest absolute Gasteiger partial charge is 0.0890 e. The highest BCUT2D eigenvalue weighted by molar-refractivity contribution is 5.60. The largest absolute Gasteiger partial charge is 0.399 e. The van der Waals surface area contributed by atoms with E-state index >= 15 is 0 Å². The summed E-state index contributed by atoms with van der Waals surface area (Å²) in [7, 11) is 0. The van der Waals surface area contributed by atoms with Gasteiger partial charge >= 0.3 is 0 Å². The number of rotatable bonds is 2. The summed E-state index contributed by atoms with van der Waals surface area (Å²) in [5, 5.41) is 8.67. The fraction of sp³-hybridized carbons (Fsp3) is 0.250. The maximum Gasteiger partial charge on any atom is 0.0890 e. The van der Waals surface area contributed by atoms with Gasteiger partial charge in [-0.25, -0.2) is 0 Å². The molecule has 3 nitrogen and oxygen atoms in total. The predicted octanol–water partition coefficient (Wildman–Crippen LogP) is 4.92. The molecule has 2 aromatic rings. The maximum absolute atomic E-state index is 5.87. The molecule has 0 unspecified atom stereocenters. The first-order chi connectivity index (χ1) is 8.99. The average molecular weight is 253 g/mol. The highest BCUT2D eigenvalue weighted by Gasteiger charge is 2.03. The molecule has 0 bridgehead atoms. The van der Waals surface area contributed by atoms with Crippen molar-refractivity contribution in [2.45, 2.75) is 27.7 Å². The van der Waals surface area contributed by atoms with E-state index in [4.69, 9.17) is 5.73 Å². The van der Waals surface area contributed by atoms with Gasteiger partial charge in [-0.15, -0.1) is 0 Å². The Morgan fingerprint density at radius 1 is 0.789 bits per heavy atom. The second-order valence-corrected chi connectivity index (χ2v) is 4.91. The predicted molar refractivity (Wildman–Crippen MR) is 80.4 cm³/mol. The lowest BCUT2D eigenvalue weighted by atomic mass is 10.1. The van der Waals surface area contributed by atoms with E-state index in [9.17, 15) is 0 Å². The van der Waals surface area contributed by atoms with E-state index in [1.54, 1.807) is 0 Å². The van der Waals surface area contributed by atoms with E-state index in [0.717, 1.165) is 33.8 Å². The number of azo groups is 1. The molecule has 0 heterocycles. The van der Waals surface area contributed by atoms with Crippen LogP contribution in [0.3, 0.4) is 0 Å². The van der Waals surface area contributed by atoms with Crippen LogP contribution in [-0.4, -0.2) is 0 Å². The SMILES string of the molecule is Cc1ccc(N=Nc2ccc(N)c(C)c2C)c(C)c1. The van der Waals surface area contributed by atoms with E-state index in [1.165, 1.54) is 5.56 Å². The number of benzene rings is 2. The van der Waals surface area contributed by atoms with Gasteiger partial charge in [0.05, 0.1) is 11.4 Å². The van der Waals surface area contributed by atoms with Gasteiger partial charge in [0.15, 0.2) is 0 Å². The van der Waals surface area contributed by atoms with Crippen LogP contribution in [0.5, 0.6) is 0 Å². The number of hydrogen-bond donors (Lipinski definition) is 1. The van der Waals surface area contributed by atoms with Gasteiger partial charge in [-0.1, -0.05) is 17.7 Å². The van der Waals surface area contributed by atoms with Crippen molar-refractivity contribution in [3.8, 4) is 0 Å². The van der Waals surface area contributed by atoms with Crippen LogP contribution in [0.1, 0.15) is 22.3 Å². The molecule has 0 radical (unpaired) electrons. The van der Waals surface area contributed by atoms with Gasteiger partial charge in [-0.3, -0.25) is 0 Å². The summed E-state index contributed by atoms with van der Waals surface area (Å²) in [6.45, 7) is 8.13. The van der Waals surface area contributed by atoms with E-state index in [-0.39, 0.29) is 0 Å². The molecule has 0 saturated carbocycles. The highest BCUT2D eigenvalue weighted by atomic mass is 15.1. The molecule has 0 aliphatic heterocycles. The lowest BCUT2D eigenvalue weighted by Gasteiger charge is -2.06. The van der Waals surface area contributed by atoms with Crippen LogP contribution in [0.25, 0.3) is 0 Å². The Morgan fingerprint density at radius 3 is 2.11 bits per heavy atom. The molecule has 0 amide bonds. The molecular weight excluding hydrogens is 234 g/mol. The van der Waals surface area contributed by atoms with Gasteiger partial charge in [0, 0.05) is 5.69 Å². The minimum atomic E-state index is 0.794. The zero-order chi connectivity index (χ0) is 14.0. The van der Waals surface area contributed by atoms with Crippen molar-refractivity contribution >= 4 is 17.1 Å². The first-order valence-electron chi connectivity index (χ1n) is 6.33. The van der Waals surface area contributed by atoms with Crippen molar-refractivity contribution < 1.29 is 0 Å². The Morgan fingerprint density at radius 2 is 1.42 bits per heavy atom. The zero-order valence-corrected chi connectivity index (χ0v) is 11.9. The molecule has 19 heavy (non-hydrogen) atoms. The van der Waals surface area contributed by atoms with Crippen LogP contribution in [0.2, 0.25) is 0 Å². The van der Waals surface area contributed by atoms with Gasteiger partial charge in [0.2, 0.25) is 0 Å². The Bertz CT molecular complexity index is 643. The molecule has 0 spiro atoms. The van der Waals surface area contributed by atoms with E-state index in [2.05, 4.69) is 23.2 Å². The quantitative estimate of drug-likeness (QED) is 0.599. The average Bonchev–Trinajstić information content (AvgIpc) is 2.37. The van der Waals surface area contributed by atoms with Crippen LogP contribution in [-0.2, 0) is 0 Å². The second kappa shape index (κ2) is 5.22. The summed E-state index contributed by atoms with van der Waals surface area (Å²) in [5.74, 6) is 0. The van der Waals surface area contributed by atoms with Gasteiger partial charge in [-0.2, -0.15) is 10.2 Å². The van der Waals surface area contributed by atoms with Crippen LogP contribution in [0.15, 0.2) is 40.6 Å². The molecular formula is C16H19N3. The molecule has 2 N–H and O–H groups in total. The molecule has 0 fully saturated rings. The van der Waals surface area contributed by atoms with Crippen molar-refractivity contribution in [3.63, 3.8) is 0 Å². The van der Waals surface area contributed by atoms with Gasteiger partial charge in [0.25, 0.3) is 0 Å². The molecule has 3 heteroatoms. The summed E-state index contributed by atoms with van der Waals surface area (Å²) in [6, 6.07) is 9.93. The van der Waals surface area contributed by atoms with Crippen LogP contribution >= 0.6 is 0 Å². The molecule has 2 rings (SSSR count). The maximum atomic E-state index is 5.87. The van der Waals surface area contributed by atoms with Crippen molar-refractivity contribution in [2.24, 2.45) is 10.2 Å². The van der Waals surface area contributed by atoms with E-state index < -0.39 is 0 Å². The minimum absolute atomic E-state index is 0.794. The topological polar surface area (TPSA) is 50.7 Å². The van der Waals surface area contributed by atoms with Crippen LogP contribution in [0, 0.1) is 27.7 Å². The third-order valence-electron chi connectivity index (χ3n) is 3.42. The molecule has 0 aliphatic rings. The van der Waals surface area contributed by atoms with Crippen LogP contribution in [0.4, 0.5) is 17.1 Å². The molecule has 0 aromatic heterocycles. The molecule has 98 valence electrons. The number of nitrogens with two attached hydrogens (primary N) is 1.